The Bertz CT molecular complexity index is 1570. The van der Waals surface area contributed by atoms with Crippen molar-refractivity contribution in [2.75, 3.05) is 5.32 Å². The number of rotatable bonds is 5. The molecule has 4 rings (SSSR count). The van der Waals surface area contributed by atoms with E-state index in [1.165, 1.54) is 12.1 Å². The number of amides is 1. The van der Waals surface area contributed by atoms with Crippen LogP contribution in [0.5, 0.6) is 11.6 Å². The number of nitrogens with zero attached hydrogens (tertiary/aromatic N) is 1. The van der Waals surface area contributed by atoms with Crippen LogP contribution < -0.4 is 15.2 Å². The molecule has 0 atom stereocenters. The second-order valence-corrected chi connectivity index (χ2v) is 9.23. The van der Waals surface area contributed by atoms with Crippen molar-refractivity contribution in [1.82, 2.24) is 4.98 Å². The molecule has 0 bridgehead atoms. The van der Waals surface area contributed by atoms with Crippen LogP contribution in [0.15, 0.2) is 65.6 Å². The first-order chi connectivity index (χ1) is 16.0. The molecule has 174 valence electrons. The topological polar surface area (TPSA) is 111 Å². The van der Waals surface area contributed by atoms with Gasteiger partial charge in [-0.15, -0.1) is 0 Å². The molecular weight excluding hydrogens is 511 g/mol. The Hall–Kier alpha value is -3.31. The van der Waals surface area contributed by atoms with E-state index in [9.17, 15) is 22.0 Å². The van der Waals surface area contributed by atoms with Crippen molar-refractivity contribution in [3.05, 3.63) is 87.9 Å². The van der Waals surface area contributed by atoms with Gasteiger partial charge in [-0.05, 0) is 42.5 Å². The zero-order chi connectivity index (χ0) is 24.6. The maximum atomic E-state index is 14.0. The van der Waals surface area contributed by atoms with E-state index in [0.29, 0.717) is 10.9 Å². The lowest BCUT2D eigenvalue weighted by Gasteiger charge is -2.14. The highest BCUT2D eigenvalue weighted by Gasteiger charge is 2.24. The van der Waals surface area contributed by atoms with Crippen LogP contribution in [-0.2, 0) is 10.0 Å². The average molecular weight is 524 g/mol. The third-order valence-electron chi connectivity index (χ3n) is 4.62. The lowest BCUT2D eigenvalue weighted by Crippen LogP contribution is -2.18. The highest BCUT2D eigenvalue weighted by Crippen LogP contribution is 2.34. The second-order valence-electron chi connectivity index (χ2n) is 6.95. The first-order valence-corrected chi connectivity index (χ1v) is 11.7. The lowest BCUT2D eigenvalue weighted by molar-refractivity contribution is 0.102. The lowest BCUT2D eigenvalue weighted by atomic mass is 10.1. The number of hydrogen-bond donors (Lipinski definition) is 2. The maximum absolute atomic E-state index is 14.0. The number of ether oxygens (including phenoxy) is 1. The number of carbonyl (C=O) groups excluding carboxylic acids is 1. The van der Waals surface area contributed by atoms with Gasteiger partial charge in [0.05, 0.1) is 21.2 Å². The Morgan fingerprint density at radius 3 is 2.47 bits per heavy atom. The summed E-state index contributed by atoms with van der Waals surface area (Å²) in [5, 5.41) is 7.37. The Labute approximate surface area is 202 Å². The van der Waals surface area contributed by atoms with Crippen LogP contribution in [0.2, 0.25) is 10.0 Å². The third-order valence-corrected chi connectivity index (χ3v) is 6.38. The van der Waals surface area contributed by atoms with Crippen molar-refractivity contribution in [1.29, 1.82) is 0 Å². The molecule has 0 spiro atoms. The molecule has 0 aliphatic carbocycles. The van der Waals surface area contributed by atoms with Gasteiger partial charge >= 0.3 is 0 Å². The van der Waals surface area contributed by atoms with E-state index < -0.39 is 37.5 Å². The molecular formula is C22H13Cl2F2N3O4S. The van der Waals surface area contributed by atoms with Gasteiger partial charge in [0, 0.05) is 5.39 Å². The summed E-state index contributed by atoms with van der Waals surface area (Å²) < 4.78 is 56.6. The van der Waals surface area contributed by atoms with Crippen LogP contribution in [0.3, 0.4) is 0 Å². The summed E-state index contributed by atoms with van der Waals surface area (Å²) in [6.07, 6.45) is 0. The zero-order valence-corrected chi connectivity index (χ0v) is 19.2. The van der Waals surface area contributed by atoms with Crippen LogP contribution in [0.25, 0.3) is 10.9 Å². The number of carbonyl (C=O) groups is 1. The molecule has 34 heavy (non-hydrogen) atoms. The monoisotopic (exact) mass is 523 g/mol. The summed E-state index contributed by atoms with van der Waals surface area (Å²) in [4.78, 5) is 16.5. The number of para-hydroxylation sites is 1. The van der Waals surface area contributed by atoms with Crippen LogP contribution in [0.4, 0.5) is 14.5 Å². The number of aromatic nitrogens is 1. The molecule has 12 heteroatoms. The van der Waals surface area contributed by atoms with Gasteiger partial charge in [0.15, 0.2) is 0 Å². The fourth-order valence-electron chi connectivity index (χ4n) is 3.08. The summed E-state index contributed by atoms with van der Waals surface area (Å²) in [6, 6.07) is 13.6. The number of pyridine rings is 1. The van der Waals surface area contributed by atoms with Gasteiger partial charge in [-0.2, -0.15) is 0 Å². The minimum atomic E-state index is -4.51. The Morgan fingerprint density at radius 1 is 1.03 bits per heavy atom. The molecule has 0 saturated carbocycles. The minimum Gasteiger partial charge on any atom is -0.437 e. The van der Waals surface area contributed by atoms with E-state index >= 15 is 0 Å². The predicted octanol–water partition coefficient (Wildman–Crippen LogP) is 5.51. The number of fused-ring (bicyclic) bond motifs is 1. The van der Waals surface area contributed by atoms with Crippen LogP contribution >= 0.6 is 23.2 Å². The smallest absolute Gasteiger partial charge is 0.261 e. The van der Waals surface area contributed by atoms with Gasteiger partial charge in [0.1, 0.15) is 27.8 Å². The van der Waals surface area contributed by atoms with E-state index in [2.05, 4.69) is 10.3 Å². The molecule has 7 nitrogen and oxygen atoms in total. The largest absolute Gasteiger partial charge is 0.437 e. The van der Waals surface area contributed by atoms with Gasteiger partial charge in [0.2, 0.25) is 15.9 Å². The van der Waals surface area contributed by atoms with Gasteiger partial charge in [-0.25, -0.2) is 27.3 Å². The molecule has 0 saturated heterocycles. The summed E-state index contributed by atoms with van der Waals surface area (Å²) in [6.45, 7) is 0. The van der Waals surface area contributed by atoms with Crippen molar-refractivity contribution >= 4 is 55.7 Å². The van der Waals surface area contributed by atoms with Gasteiger partial charge in [-0.3, -0.25) is 4.79 Å². The van der Waals surface area contributed by atoms with Crippen molar-refractivity contribution in [2.24, 2.45) is 5.14 Å². The number of sulfonamides is 1. The second kappa shape index (κ2) is 9.15. The van der Waals surface area contributed by atoms with Crippen LogP contribution in [0.1, 0.15) is 10.4 Å². The molecule has 0 fully saturated rings. The number of halogens is 4. The number of nitrogens with one attached hydrogen (secondary N) is 1. The van der Waals surface area contributed by atoms with Crippen molar-refractivity contribution < 1.29 is 26.7 Å². The maximum Gasteiger partial charge on any atom is 0.261 e. The molecule has 1 aromatic heterocycles. The number of benzene rings is 3. The molecule has 1 amide bonds. The zero-order valence-electron chi connectivity index (χ0n) is 16.9. The molecule has 3 aromatic carbocycles. The summed E-state index contributed by atoms with van der Waals surface area (Å²) >= 11 is 12.1. The first kappa shape index (κ1) is 23.8. The fraction of sp³-hybridized carbons (Fsp3) is 0. The van der Waals surface area contributed by atoms with E-state index in [4.69, 9.17) is 33.1 Å². The van der Waals surface area contributed by atoms with Crippen LogP contribution in [0, 0.1) is 11.6 Å². The van der Waals surface area contributed by atoms with Crippen LogP contribution in [-0.4, -0.2) is 19.3 Å². The Kier molecular flexibility index (Phi) is 6.41. The summed E-state index contributed by atoms with van der Waals surface area (Å²) in [5.74, 6) is -2.70. The Balaban J connectivity index is 1.79. The molecule has 0 aliphatic heterocycles. The third kappa shape index (κ3) is 4.80. The van der Waals surface area contributed by atoms with Gasteiger partial charge in [0.25, 0.3) is 5.91 Å². The fourth-order valence-corrected chi connectivity index (χ4v) is 4.51. The van der Waals surface area contributed by atoms with Crippen molar-refractivity contribution in [3.63, 3.8) is 0 Å². The van der Waals surface area contributed by atoms with E-state index in [1.54, 1.807) is 24.3 Å². The van der Waals surface area contributed by atoms with E-state index in [0.717, 1.165) is 24.3 Å². The van der Waals surface area contributed by atoms with E-state index in [1.807, 2.05) is 0 Å². The number of primary sulfonamides is 1. The highest BCUT2D eigenvalue weighted by molar-refractivity contribution is 7.89. The first-order valence-electron chi connectivity index (χ1n) is 9.39. The quantitative estimate of drug-likeness (QED) is 0.358. The van der Waals surface area contributed by atoms with Crippen molar-refractivity contribution in [2.45, 2.75) is 4.90 Å². The van der Waals surface area contributed by atoms with Crippen molar-refractivity contribution in [3.8, 4) is 11.6 Å². The van der Waals surface area contributed by atoms with E-state index in [-0.39, 0.29) is 27.9 Å². The molecule has 4 aromatic rings. The average Bonchev–Trinajstić information content (AvgIpc) is 2.76. The summed E-state index contributed by atoms with van der Waals surface area (Å²) in [5.41, 5.74) is 0.191. The number of nitrogens with two attached hydrogens (primary N) is 1. The number of anilines is 1. The van der Waals surface area contributed by atoms with Gasteiger partial charge in [-0.1, -0.05) is 41.4 Å². The SMILES string of the molecule is NS(=O)(=O)c1c(F)ccc(NC(=O)c2cc3ccccc3nc2Oc2ccc(F)cc2Cl)c1Cl. The Morgan fingerprint density at radius 2 is 1.76 bits per heavy atom. The molecule has 0 aliphatic rings. The molecule has 0 radical (unpaired) electrons. The standard InChI is InChI=1S/C22H13Cl2F2N3O4S/c23-14-10-12(25)5-8-18(14)33-22-13(9-11-3-1-2-4-16(11)29-22)21(30)28-17-7-6-15(26)20(19(17)24)34(27,31)32/h1-10H,(H,28,30)(H2,27,31,32). The molecule has 0 unspecified atom stereocenters. The highest BCUT2D eigenvalue weighted by atomic mass is 35.5. The molecule has 3 N–H and O–H groups in total. The normalized spacial score (nSPS) is 11.4. The minimum absolute atomic E-state index is 0.0382. The molecule has 1 heterocycles. The number of hydrogen-bond acceptors (Lipinski definition) is 5. The van der Waals surface area contributed by atoms with Gasteiger partial charge < -0.3 is 10.1 Å². The summed E-state index contributed by atoms with van der Waals surface area (Å²) in [7, 11) is -4.51. The predicted molar refractivity (Wildman–Crippen MR) is 124 cm³/mol.